The Morgan fingerprint density at radius 3 is 3.00 bits per heavy atom. The third kappa shape index (κ3) is 3.40. The Bertz CT molecular complexity index is 716. The average molecular weight is 379 g/mol. The van der Waals surface area contributed by atoms with E-state index in [0.717, 1.165) is 16.6 Å². The Kier molecular flexibility index (Phi) is 4.68. The Balaban J connectivity index is 1.79. The molecule has 7 heteroatoms. The normalized spacial score (nSPS) is 20.5. The lowest BCUT2D eigenvalue weighted by molar-refractivity contribution is -0.119. The van der Waals surface area contributed by atoms with E-state index in [1.807, 2.05) is 37.6 Å². The van der Waals surface area contributed by atoms with Crippen LogP contribution in [0.1, 0.15) is 11.5 Å². The zero-order chi connectivity index (χ0) is 16.4. The van der Waals surface area contributed by atoms with E-state index in [1.165, 1.54) is 0 Å². The van der Waals surface area contributed by atoms with Crippen LogP contribution in [0.2, 0.25) is 0 Å². The van der Waals surface area contributed by atoms with Gasteiger partial charge < -0.3 is 15.4 Å². The summed E-state index contributed by atoms with van der Waals surface area (Å²) in [6.45, 7) is 1.43. The number of ether oxygens (including phenoxy) is 1. The number of carbonyl (C=O) groups excluding carboxylic acids is 1. The molecule has 1 aliphatic rings. The number of hydrogen-bond donors (Lipinski definition) is 2. The number of hydrogen-bond acceptors (Lipinski definition) is 4. The summed E-state index contributed by atoms with van der Waals surface area (Å²) in [4.78, 5) is 12.7. The van der Waals surface area contributed by atoms with Crippen molar-refractivity contribution in [3.05, 3.63) is 40.6 Å². The summed E-state index contributed by atoms with van der Waals surface area (Å²) in [6.07, 6.45) is 3.80. The fourth-order valence-corrected chi connectivity index (χ4v) is 3.30. The quantitative estimate of drug-likeness (QED) is 0.854. The fraction of sp³-hybridized carbons (Fsp3) is 0.375. The fourth-order valence-electron chi connectivity index (χ4n) is 2.94. The Morgan fingerprint density at radius 1 is 1.48 bits per heavy atom. The van der Waals surface area contributed by atoms with E-state index in [2.05, 4.69) is 31.7 Å². The Hall–Kier alpha value is -1.86. The third-order valence-corrected chi connectivity index (χ3v) is 4.62. The lowest BCUT2D eigenvalue weighted by atomic mass is 9.90. The highest BCUT2D eigenvalue weighted by Gasteiger charge is 2.35. The third-order valence-electron chi connectivity index (χ3n) is 4.12. The molecule has 6 nitrogen and oxygen atoms in total. The molecule has 122 valence electrons. The average Bonchev–Trinajstić information content (AvgIpc) is 3.15. The monoisotopic (exact) mass is 378 g/mol. The number of amides is 1. The smallest absolute Gasteiger partial charge is 0.229 e. The molecule has 2 atom stereocenters. The van der Waals surface area contributed by atoms with Crippen molar-refractivity contribution >= 4 is 27.5 Å². The van der Waals surface area contributed by atoms with Gasteiger partial charge in [0.05, 0.1) is 24.9 Å². The van der Waals surface area contributed by atoms with Crippen LogP contribution in [0, 0.1) is 5.92 Å². The molecule has 1 aromatic carbocycles. The van der Waals surface area contributed by atoms with Crippen LogP contribution in [0.5, 0.6) is 5.75 Å². The molecule has 1 fully saturated rings. The lowest BCUT2D eigenvalue weighted by Gasteiger charge is -2.18. The molecule has 2 N–H and O–H groups in total. The van der Waals surface area contributed by atoms with Gasteiger partial charge in [-0.2, -0.15) is 5.10 Å². The van der Waals surface area contributed by atoms with E-state index >= 15 is 0 Å². The maximum absolute atomic E-state index is 12.7. The number of methoxy groups -OCH3 is 1. The van der Waals surface area contributed by atoms with Crippen molar-refractivity contribution in [3.63, 3.8) is 0 Å². The molecule has 0 radical (unpaired) electrons. The van der Waals surface area contributed by atoms with Gasteiger partial charge in [0.25, 0.3) is 0 Å². The van der Waals surface area contributed by atoms with E-state index in [1.54, 1.807) is 11.8 Å². The second kappa shape index (κ2) is 6.72. The zero-order valence-corrected chi connectivity index (χ0v) is 14.6. The molecule has 0 aliphatic carbocycles. The minimum absolute atomic E-state index is 0.0137. The minimum Gasteiger partial charge on any atom is -0.495 e. The Labute approximate surface area is 143 Å². The minimum atomic E-state index is -0.136. The molecule has 1 aliphatic heterocycles. The van der Waals surface area contributed by atoms with Gasteiger partial charge in [0.1, 0.15) is 5.75 Å². The van der Waals surface area contributed by atoms with Crippen LogP contribution in [0.3, 0.4) is 0 Å². The summed E-state index contributed by atoms with van der Waals surface area (Å²) < 4.78 is 7.97. The van der Waals surface area contributed by atoms with Crippen LogP contribution in [0.25, 0.3) is 0 Å². The summed E-state index contributed by atoms with van der Waals surface area (Å²) in [5, 5.41) is 10.5. The van der Waals surface area contributed by atoms with Gasteiger partial charge in [-0.25, -0.2) is 0 Å². The van der Waals surface area contributed by atoms with Crippen molar-refractivity contribution in [2.75, 3.05) is 25.5 Å². The van der Waals surface area contributed by atoms with Crippen molar-refractivity contribution < 1.29 is 9.53 Å². The first-order valence-electron chi connectivity index (χ1n) is 7.42. The zero-order valence-electron chi connectivity index (χ0n) is 13.0. The number of carbonyl (C=O) groups is 1. The van der Waals surface area contributed by atoms with Crippen LogP contribution >= 0.6 is 15.9 Å². The van der Waals surface area contributed by atoms with E-state index in [0.29, 0.717) is 18.0 Å². The van der Waals surface area contributed by atoms with Gasteiger partial charge in [0.2, 0.25) is 5.91 Å². The van der Waals surface area contributed by atoms with Gasteiger partial charge in [-0.3, -0.25) is 9.48 Å². The lowest BCUT2D eigenvalue weighted by Crippen LogP contribution is -2.28. The number of anilines is 1. The summed E-state index contributed by atoms with van der Waals surface area (Å²) in [6, 6.07) is 5.55. The van der Waals surface area contributed by atoms with Gasteiger partial charge in [-0.15, -0.1) is 0 Å². The first kappa shape index (κ1) is 16.0. The van der Waals surface area contributed by atoms with E-state index in [9.17, 15) is 4.79 Å². The molecule has 0 saturated carbocycles. The maximum Gasteiger partial charge on any atom is 0.229 e. The SMILES string of the molecule is COc1ccc(Br)cc1NC(=O)[C@H]1CNC[C@@H]1c1cnn(C)c1. The maximum atomic E-state index is 12.7. The van der Waals surface area contributed by atoms with Crippen LogP contribution in [0.15, 0.2) is 35.1 Å². The molecule has 0 spiro atoms. The molecule has 1 amide bonds. The highest BCUT2D eigenvalue weighted by atomic mass is 79.9. The van der Waals surface area contributed by atoms with Crippen molar-refractivity contribution in [3.8, 4) is 5.75 Å². The van der Waals surface area contributed by atoms with Crippen LogP contribution in [-0.4, -0.2) is 35.9 Å². The van der Waals surface area contributed by atoms with Crippen LogP contribution in [-0.2, 0) is 11.8 Å². The van der Waals surface area contributed by atoms with Crippen LogP contribution in [0.4, 0.5) is 5.69 Å². The molecule has 3 rings (SSSR count). The van der Waals surface area contributed by atoms with E-state index in [4.69, 9.17) is 4.74 Å². The van der Waals surface area contributed by atoms with Gasteiger partial charge in [-0.05, 0) is 23.8 Å². The van der Waals surface area contributed by atoms with Gasteiger partial charge in [0, 0.05) is 36.7 Å². The number of aryl methyl sites for hydroxylation is 1. The highest BCUT2D eigenvalue weighted by Crippen LogP contribution is 2.32. The summed E-state index contributed by atoms with van der Waals surface area (Å²) in [5.41, 5.74) is 1.75. The van der Waals surface area contributed by atoms with Crippen molar-refractivity contribution in [1.29, 1.82) is 0 Å². The molecule has 0 bridgehead atoms. The first-order chi connectivity index (χ1) is 11.1. The molecule has 23 heavy (non-hydrogen) atoms. The number of nitrogens with one attached hydrogen (secondary N) is 2. The van der Waals surface area contributed by atoms with Gasteiger partial charge in [0.15, 0.2) is 0 Å². The number of nitrogens with zero attached hydrogens (tertiary/aromatic N) is 2. The van der Waals surface area contributed by atoms with E-state index < -0.39 is 0 Å². The number of aromatic nitrogens is 2. The second-order valence-corrected chi connectivity index (χ2v) is 6.57. The highest BCUT2D eigenvalue weighted by molar-refractivity contribution is 9.10. The standard InChI is InChI=1S/C16H19BrN4O2/c1-21-9-10(6-19-21)12-7-18-8-13(12)16(22)20-14-5-11(17)3-4-15(14)23-2/h3-6,9,12-13,18H,7-8H2,1-2H3,(H,20,22)/t12-,13+/m1/s1. The second-order valence-electron chi connectivity index (χ2n) is 5.65. The Morgan fingerprint density at radius 2 is 2.30 bits per heavy atom. The molecule has 1 saturated heterocycles. The van der Waals surface area contributed by atoms with Crippen LogP contribution < -0.4 is 15.4 Å². The molecule has 0 unspecified atom stereocenters. The van der Waals surface area contributed by atoms with E-state index in [-0.39, 0.29) is 17.7 Å². The molecule has 1 aromatic heterocycles. The largest absolute Gasteiger partial charge is 0.495 e. The number of halogens is 1. The summed E-state index contributed by atoms with van der Waals surface area (Å²) in [5.74, 6) is 0.621. The predicted octanol–water partition coefficient (Wildman–Crippen LogP) is 2.13. The molecular weight excluding hydrogens is 360 g/mol. The number of rotatable bonds is 4. The summed E-state index contributed by atoms with van der Waals surface area (Å²) >= 11 is 3.42. The molecule has 2 aromatic rings. The van der Waals surface area contributed by atoms with Gasteiger partial charge >= 0.3 is 0 Å². The molecular formula is C16H19BrN4O2. The number of benzene rings is 1. The predicted molar refractivity (Wildman–Crippen MR) is 91.6 cm³/mol. The topological polar surface area (TPSA) is 68.2 Å². The van der Waals surface area contributed by atoms with Gasteiger partial charge in [-0.1, -0.05) is 15.9 Å². The van der Waals surface area contributed by atoms with Crippen molar-refractivity contribution in [2.45, 2.75) is 5.92 Å². The van der Waals surface area contributed by atoms with Crippen molar-refractivity contribution in [2.24, 2.45) is 13.0 Å². The molecule has 2 heterocycles. The first-order valence-corrected chi connectivity index (χ1v) is 8.21. The van der Waals surface area contributed by atoms with Crippen molar-refractivity contribution in [1.82, 2.24) is 15.1 Å². The summed E-state index contributed by atoms with van der Waals surface area (Å²) in [7, 11) is 3.47.